The smallest absolute Gasteiger partial charge is 0.281 e. The van der Waals surface area contributed by atoms with Crippen molar-refractivity contribution in [1.29, 1.82) is 0 Å². The predicted octanol–water partition coefficient (Wildman–Crippen LogP) is 2.74. The Hall–Kier alpha value is -0.820. The third-order valence-corrected chi connectivity index (χ3v) is 4.22. The Bertz CT molecular complexity index is 663. The van der Waals surface area contributed by atoms with Gasteiger partial charge < -0.3 is 0 Å². The highest BCUT2D eigenvalue weighted by Crippen LogP contribution is 2.33. The number of benzene rings is 1. The van der Waals surface area contributed by atoms with E-state index < -0.39 is 0 Å². The van der Waals surface area contributed by atoms with Gasteiger partial charge in [-0.25, -0.2) is 0 Å². The highest BCUT2D eigenvalue weighted by atomic mass is 127. The third-order valence-electron chi connectivity index (χ3n) is 2.53. The molecule has 0 radical (unpaired) electrons. The van der Waals surface area contributed by atoms with Crippen LogP contribution in [-0.4, -0.2) is 15.3 Å². The van der Waals surface area contributed by atoms with Gasteiger partial charge in [-0.2, -0.15) is 4.98 Å². The molecule has 1 aliphatic heterocycles. The molecule has 16 heavy (non-hydrogen) atoms. The zero-order valence-corrected chi connectivity index (χ0v) is 11.2. The molecule has 0 spiro atoms. The van der Waals surface area contributed by atoms with Crippen molar-refractivity contribution in [2.45, 2.75) is 5.16 Å². The summed E-state index contributed by atoms with van der Waals surface area (Å²) in [7, 11) is 0. The minimum atomic E-state index is -0.135. The second-order valence-electron chi connectivity index (χ2n) is 3.44. The summed E-state index contributed by atoms with van der Waals surface area (Å²) in [6.45, 7) is 0. The van der Waals surface area contributed by atoms with E-state index in [0.29, 0.717) is 5.39 Å². The minimum Gasteiger partial charge on any atom is -0.291 e. The van der Waals surface area contributed by atoms with Gasteiger partial charge in [0.15, 0.2) is 5.16 Å². The summed E-state index contributed by atoms with van der Waals surface area (Å²) in [4.78, 5) is 15.9. The standard InChI is InChI=1S/C11H7IN2OS/c12-5-7-6-16-11-13-10(15)8-3-1-2-4-9(8)14(7)11/h1-5H,6H2/b7-5+. The first-order chi connectivity index (χ1) is 7.81. The molecule has 0 amide bonds. The van der Waals surface area contributed by atoms with Gasteiger partial charge in [0.05, 0.1) is 10.9 Å². The average Bonchev–Trinajstić information content (AvgIpc) is 2.72. The van der Waals surface area contributed by atoms with E-state index in [9.17, 15) is 4.79 Å². The Balaban J connectivity index is 2.52. The van der Waals surface area contributed by atoms with Crippen molar-refractivity contribution < 1.29 is 0 Å². The van der Waals surface area contributed by atoms with Crippen molar-refractivity contribution in [1.82, 2.24) is 9.55 Å². The van der Waals surface area contributed by atoms with Crippen LogP contribution in [0.3, 0.4) is 0 Å². The summed E-state index contributed by atoms with van der Waals surface area (Å²) < 4.78 is 4.10. The van der Waals surface area contributed by atoms with Gasteiger partial charge in [-0.1, -0.05) is 46.5 Å². The summed E-state index contributed by atoms with van der Waals surface area (Å²) in [5, 5.41) is 1.48. The molecular formula is C11H7IN2OS. The predicted molar refractivity (Wildman–Crippen MR) is 75.0 cm³/mol. The molecule has 5 heteroatoms. The minimum absolute atomic E-state index is 0.135. The maximum atomic E-state index is 11.8. The zero-order chi connectivity index (χ0) is 11.1. The first-order valence-corrected chi connectivity index (χ1v) is 6.98. The van der Waals surface area contributed by atoms with Gasteiger partial charge in [-0.3, -0.25) is 9.36 Å². The number of fused-ring (bicyclic) bond motifs is 3. The number of hydrogen-bond acceptors (Lipinski definition) is 3. The van der Waals surface area contributed by atoms with Crippen LogP contribution < -0.4 is 5.56 Å². The molecule has 0 unspecified atom stereocenters. The van der Waals surface area contributed by atoms with Crippen LogP contribution in [0.5, 0.6) is 0 Å². The first-order valence-electron chi connectivity index (χ1n) is 4.75. The van der Waals surface area contributed by atoms with E-state index in [1.54, 1.807) is 11.8 Å². The van der Waals surface area contributed by atoms with Gasteiger partial charge in [0.1, 0.15) is 0 Å². The van der Waals surface area contributed by atoms with E-state index >= 15 is 0 Å². The van der Waals surface area contributed by atoms with Gasteiger partial charge in [-0.05, 0) is 16.2 Å². The summed E-state index contributed by atoms with van der Waals surface area (Å²) in [6, 6.07) is 7.61. The molecule has 1 aliphatic rings. The van der Waals surface area contributed by atoms with Gasteiger partial charge >= 0.3 is 0 Å². The Morgan fingerprint density at radius 1 is 1.44 bits per heavy atom. The normalized spacial score (nSPS) is 16.9. The maximum absolute atomic E-state index is 11.8. The number of nitrogens with zero attached hydrogens (tertiary/aromatic N) is 2. The monoisotopic (exact) mass is 342 g/mol. The Morgan fingerprint density at radius 3 is 3.06 bits per heavy atom. The fourth-order valence-electron chi connectivity index (χ4n) is 1.81. The lowest BCUT2D eigenvalue weighted by atomic mass is 10.2. The van der Waals surface area contributed by atoms with Gasteiger partial charge in [0.25, 0.3) is 5.56 Å². The van der Waals surface area contributed by atoms with Gasteiger partial charge in [0.2, 0.25) is 0 Å². The molecule has 2 heterocycles. The van der Waals surface area contributed by atoms with Crippen molar-refractivity contribution in [3.63, 3.8) is 0 Å². The van der Waals surface area contributed by atoms with E-state index in [4.69, 9.17) is 0 Å². The fourth-order valence-corrected chi connectivity index (χ4v) is 3.59. The summed E-state index contributed by atoms with van der Waals surface area (Å²) in [6.07, 6.45) is 0. The quantitative estimate of drug-likeness (QED) is 0.546. The van der Waals surface area contributed by atoms with Crippen molar-refractivity contribution in [3.8, 4) is 0 Å². The van der Waals surface area contributed by atoms with E-state index in [2.05, 4.69) is 32.1 Å². The molecule has 0 saturated carbocycles. The molecule has 0 bridgehead atoms. The highest BCUT2D eigenvalue weighted by Gasteiger charge is 2.20. The van der Waals surface area contributed by atoms with Crippen LogP contribution in [0.2, 0.25) is 0 Å². The van der Waals surface area contributed by atoms with E-state index in [0.717, 1.165) is 16.4 Å². The molecule has 0 atom stereocenters. The topological polar surface area (TPSA) is 34.9 Å². The molecule has 0 aliphatic carbocycles. The highest BCUT2D eigenvalue weighted by molar-refractivity contribution is 14.1. The lowest BCUT2D eigenvalue weighted by Crippen LogP contribution is -2.12. The average molecular weight is 342 g/mol. The molecule has 80 valence electrons. The second kappa shape index (κ2) is 3.89. The van der Waals surface area contributed by atoms with E-state index in [1.807, 2.05) is 28.3 Å². The fraction of sp³-hybridized carbons (Fsp3) is 0.0909. The SMILES string of the molecule is O=c1nc2n(c3ccccc13)/C(=C/I)CS2. The van der Waals surface area contributed by atoms with Crippen LogP contribution >= 0.6 is 34.4 Å². The molecule has 1 aromatic heterocycles. The molecule has 0 saturated heterocycles. The number of aromatic nitrogens is 2. The van der Waals surface area contributed by atoms with Crippen LogP contribution in [-0.2, 0) is 0 Å². The molecular weight excluding hydrogens is 335 g/mol. The molecule has 1 aromatic carbocycles. The molecule has 2 aromatic rings. The molecule has 3 rings (SSSR count). The zero-order valence-electron chi connectivity index (χ0n) is 8.18. The molecule has 0 fully saturated rings. The van der Waals surface area contributed by atoms with E-state index in [1.165, 1.54) is 5.70 Å². The number of rotatable bonds is 0. The van der Waals surface area contributed by atoms with Gasteiger partial charge in [0, 0.05) is 11.4 Å². The number of thioether (sulfide) groups is 1. The lowest BCUT2D eigenvalue weighted by Gasteiger charge is -2.07. The Kier molecular flexibility index (Phi) is 2.51. The lowest BCUT2D eigenvalue weighted by molar-refractivity contribution is 0.886. The summed E-state index contributed by atoms with van der Waals surface area (Å²) >= 11 is 3.83. The first kappa shape index (κ1) is 10.3. The van der Waals surface area contributed by atoms with Crippen LogP contribution in [0.25, 0.3) is 16.6 Å². The van der Waals surface area contributed by atoms with Crippen molar-refractivity contribution in [2.24, 2.45) is 0 Å². The van der Waals surface area contributed by atoms with Gasteiger partial charge in [-0.15, -0.1) is 0 Å². The number of halogens is 1. The third kappa shape index (κ3) is 1.41. The molecule has 0 N–H and O–H groups in total. The van der Waals surface area contributed by atoms with Crippen molar-refractivity contribution >= 4 is 51.0 Å². The van der Waals surface area contributed by atoms with Crippen LogP contribution in [0.4, 0.5) is 0 Å². The maximum Gasteiger partial charge on any atom is 0.281 e. The van der Waals surface area contributed by atoms with Crippen molar-refractivity contribution in [3.05, 3.63) is 38.7 Å². The van der Waals surface area contributed by atoms with Crippen LogP contribution in [0.1, 0.15) is 0 Å². The second-order valence-corrected chi connectivity index (χ2v) is 5.01. The number of para-hydroxylation sites is 1. The summed E-state index contributed by atoms with van der Waals surface area (Å²) in [5.41, 5.74) is 2.00. The Morgan fingerprint density at radius 2 is 2.25 bits per heavy atom. The number of hydrogen-bond donors (Lipinski definition) is 0. The molecule has 3 nitrogen and oxygen atoms in total. The van der Waals surface area contributed by atoms with Crippen LogP contribution in [0.15, 0.2) is 38.3 Å². The van der Waals surface area contributed by atoms with E-state index in [-0.39, 0.29) is 5.56 Å². The summed E-state index contributed by atoms with van der Waals surface area (Å²) in [5.74, 6) is 0.878. The largest absolute Gasteiger partial charge is 0.291 e. The van der Waals surface area contributed by atoms with Crippen molar-refractivity contribution in [2.75, 3.05) is 5.75 Å². The Labute approximate surface area is 110 Å². The van der Waals surface area contributed by atoms with Crippen LogP contribution in [0, 0.1) is 0 Å².